The molecule has 1 rings (SSSR count). The lowest BCUT2D eigenvalue weighted by molar-refractivity contribution is -0.136. The molecule has 1 aromatic carbocycles. The van der Waals surface area contributed by atoms with Crippen LogP contribution >= 0.6 is 0 Å². The third-order valence-electron chi connectivity index (χ3n) is 1.93. The van der Waals surface area contributed by atoms with Gasteiger partial charge in [-0.25, -0.2) is 4.79 Å². The molecule has 0 aliphatic rings. The van der Waals surface area contributed by atoms with Crippen molar-refractivity contribution in [1.29, 1.82) is 5.26 Å². The number of nitriles is 1. The highest BCUT2D eigenvalue weighted by Crippen LogP contribution is 2.08. The van der Waals surface area contributed by atoms with Gasteiger partial charge in [0.2, 0.25) is 0 Å². The number of esters is 1. The van der Waals surface area contributed by atoms with Gasteiger partial charge in [-0.1, -0.05) is 5.92 Å². The number of aryl methyl sites for hydroxylation is 1. The second-order valence-corrected chi connectivity index (χ2v) is 3.11. The van der Waals surface area contributed by atoms with Crippen LogP contribution in [0, 0.1) is 30.1 Å². The molecular formula is C13H11NO2. The molecule has 0 unspecified atom stereocenters. The zero-order chi connectivity index (χ0) is 12.0. The number of ether oxygens (including phenoxy) is 1. The van der Waals surface area contributed by atoms with E-state index >= 15 is 0 Å². The van der Waals surface area contributed by atoms with Crippen molar-refractivity contribution in [3.05, 3.63) is 34.9 Å². The highest BCUT2D eigenvalue weighted by Gasteiger charge is 1.98. The van der Waals surface area contributed by atoms with Crippen LogP contribution < -0.4 is 0 Å². The molecule has 3 heteroatoms. The average Bonchev–Trinajstić information content (AvgIpc) is 2.27. The van der Waals surface area contributed by atoms with Crippen molar-refractivity contribution in [2.45, 2.75) is 13.8 Å². The Balaban J connectivity index is 2.90. The second-order valence-electron chi connectivity index (χ2n) is 3.11. The van der Waals surface area contributed by atoms with Crippen LogP contribution in [0.3, 0.4) is 0 Å². The van der Waals surface area contributed by atoms with Crippen molar-refractivity contribution in [1.82, 2.24) is 0 Å². The van der Waals surface area contributed by atoms with Crippen LogP contribution in [0.1, 0.15) is 23.6 Å². The van der Waals surface area contributed by atoms with E-state index in [0.717, 1.165) is 11.1 Å². The van der Waals surface area contributed by atoms with Gasteiger partial charge in [-0.3, -0.25) is 0 Å². The van der Waals surface area contributed by atoms with E-state index in [9.17, 15) is 4.79 Å². The van der Waals surface area contributed by atoms with Crippen molar-refractivity contribution >= 4 is 5.97 Å². The molecular weight excluding hydrogens is 202 g/mol. The summed E-state index contributed by atoms with van der Waals surface area (Å²) >= 11 is 0. The molecule has 0 aliphatic carbocycles. The Kier molecular flexibility index (Phi) is 4.12. The Labute approximate surface area is 94.7 Å². The van der Waals surface area contributed by atoms with Gasteiger partial charge in [0, 0.05) is 11.5 Å². The fourth-order valence-electron chi connectivity index (χ4n) is 1.16. The summed E-state index contributed by atoms with van der Waals surface area (Å²) < 4.78 is 4.68. The smallest absolute Gasteiger partial charge is 0.384 e. The number of carbonyl (C=O) groups excluding carboxylic acids is 1. The fourth-order valence-corrected chi connectivity index (χ4v) is 1.16. The standard InChI is InChI=1S/C13H11NO2/c1-3-16-13(15)7-6-12-5-4-11(9-14)8-10(12)2/h4-5,8H,3H2,1-2H3. The molecule has 0 radical (unpaired) electrons. The Morgan fingerprint density at radius 1 is 1.50 bits per heavy atom. The van der Waals surface area contributed by atoms with E-state index in [4.69, 9.17) is 5.26 Å². The number of nitrogens with zero attached hydrogens (tertiary/aromatic N) is 1. The fraction of sp³-hybridized carbons (Fsp3) is 0.231. The predicted octanol–water partition coefficient (Wildman–Crippen LogP) is 1.78. The van der Waals surface area contributed by atoms with Crippen molar-refractivity contribution < 1.29 is 9.53 Å². The van der Waals surface area contributed by atoms with E-state index in [-0.39, 0.29) is 0 Å². The van der Waals surface area contributed by atoms with E-state index in [1.807, 2.05) is 13.0 Å². The normalized spacial score (nSPS) is 8.56. The zero-order valence-electron chi connectivity index (χ0n) is 9.20. The molecule has 0 aliphatic heterocycles. The molecule has 0 spiro atoms. The minimum atomic E-state index is -0.536. The zero-order valence-corrected chi connectivity index (χ0v) is 9.20. The van der Waals surface area contributed by atoms with Crippen LogP contribution in [0.4, 0.5) is 0 Å². The molecule has 0 atom stereocenters. The van der Waals surface area contributed by atoms with E-state index in [1.54, 1.807) is 25.1 Å². The highest BCUT2D eigenvalue weighted by atomic mass is 16.5. The van der Waals surface area contributed by atoms with Crippen molar-refractivity contribution in [3.8, 4) is 17.9 Å². The topological polar surface area (TPSA) is 50.1 Å². The van der Waals surface area contributed by atoms with Gasteiger partial charge in [0.05, 0.1) is 18.2 Å². The maximum Gasteiger partial charge on any atom is 0.384 e. The van der Waals surface area contributed by atoms with Crippen LogP contribution in [-0.2, 0) is 9.53 Å². The van der Waals surface area contributed by atoms with E-state index < -0.39 is 5.97 Å². The summed E-state index contributed by atoms with van der Waals surface area (Å²) in [6.45, 7) is 3.89. The Bertz CT molecular complexity index is 501. The van der Waals surface area contributed by atoms with Gasteiger partial charge in [-0.05, 0) is 37.6 Å². The summed E-state index contributed by atoms with van der Waals surface area (Å²) in [7, 11) is 0. The summed E-state index contributed by atoms with van der Waals surface area (Å²) in [6, 6.07) is 7.16. The van der Waals surface area contributed by atoms with Crippen molar-refractivity contribution in [2.75, 3.05) is 6.61 Å². The first kappa shape index (κ1) is 11.8. The number of carbonyl (C=O) groups is 1. The van der Waals surface area contributed by atoms with Gasteiger partial charge >= 0.3 is 5.97 Å². The predicted molar refractivity (Wildman–Crippen MR) is 59.4 cm³/mol. The van der Waals surface area contributed by atoms with Crippen molar-refractivity contribution in [2.24, 2.45) is 0 Å². The van der Waals surface area contributed by atoms with Gasteiger partial charge in [0.1, 0.15) is 0 Å². The minimum Gasteiger partial charge on any atom is -0.456 e. The van der Waals surface area contributed by atoms with Gasteiger partial charge < -0.3 is 4.74 Å². The molecule has 0 saturated heterocycles. The van der Waals surface area contributed by atoms with E-state index in [0.29, 0.717) is 12.2 Å². The van der Waals surface area contributed by atoms with Gasteiger partial charge in [0.15, 0.2) is 0 Å². The molecule has 0 aromatic heterocycles. The SMILES string of the molecule is CCOC(=O)C#Cc1ccc(C#N)cc1C. The van der Waals surface area contributed by atoms with Crippen LogP contribution in [0.15, 0.2) is 18.2 Å². The summed E-state index contributed by atoms with van der Waals surface area (Å²) in [5.41, 5.74) is 2.18. The minimum absolute atomic E-state index is 0.319. The Hall–Kier alpha value is -2.26. The summed E-state index contributed by atoms with van der Waals surface area (Å²) in [6.07, 6.45) is 0. The van der Waals surface area contributed by atoms with Crippen molar-refractivity contribution in [3.63, 3.8) is 0 Å². The van der Waals surface area contributed by atoms with Crippen LogP contribution in [0.5, 0.6) is 0 Å². The molecule has 0 N–H and O–H groups in total. The maximum absolute atomic E-state index is 11.0. The lowest BCUT2D eigenvalue weighted by Crippen LogP contribution is -1.99. The van der Waals surface area contributed by atoms with Crippen LogP contribution in [-0.4, -0.2) is 12.6 Å². The molecule has 0 bridgehead atoms. The summed E-state index contributed by atoms with van der Waals surface area (Å²) in [4.78, 5) is 11.0. The van der Waals surface area contributed by atoms with Crippen LogP contribution in [0.25, 0.3) is 0 Å². The summed E-state index contributed by atoms with van der Waals surface area (Å²) in [5.74, 6) is 4.56. The maximum atomic E-state index is 11.0. The largest absolute Gasteiger partial charge is 0.456 e. The molecule has 16 heavy (non-hydrogen) atoms. The average molecular weight is 213 g/mol. The lowest BCUT2D eigenvalue weighted by atomic mass is 10.1. The van der Waals surface area contributed by atoms with Gasteiger partial charge in [-0.15, -0.1) is 0 Å². The molecule has 80 valence electrons. The third-order valence-corrected chi connectivity index (χ3v) is 1.93. The van der Waals surface area contributed by atoms with Crippen LogP contribution in [0.2, 0.25) is 0 Å². The van der Waals surface area contributed by atoms with E-state index in [2.05, 4.69) is 16.6 Å². The first-order chi connectivity index (χ1) is 7.67. The van der Waals surface area contributed by atoms with Gasteiger partial charge in [0.25, 0.3) is 0 Å². The molecule has 0 amide bonds. The lowest BCUT2D eigenvalue weighted by Gasteiger charge is -1.97. The number of hydrogen-bond donors (Lipinski definition) is 0. The Morgan fingerprint density at radius 3 is 2.81 bits per heavy atom. The number of hydrogen-bond acceptors (Lipinski definition) is 3. The molecule has 0 fully saturated rings. The van der Waals surface area contributed by atoms with Gasteiger partial charge in [-0.2, -0.15) is 5.26 Å². The second kappa shape index (κ2) is 5.58. The third kappa shape index (κ3) is 3.15. The summed E-state index contributed by atoms with van der Waals surface area (Å²) in [5, 5.41) is 8.68. The molecule has 0 saturated carbocycles. The monoisotopic (exact) mass is 213 g/mol. The quantitative estimate of drug-likeness (QED) is 0.527. The highest BCUT2D eigenvalue weighted by molar-refractivity contribution is 5.89. The molecule has 3 nitrogen and oxygen atoms in total. The molecule has 0 heterocycles. The number of rotatable bonds is 1. The Morgan fingerprint density at radius 2 is 2.25 bits per heavy atom. The molecule has 1 aromatic rings. The first-order valence-electron chi connectivity index (χ1n) is 4.87. The first-order valence-corrected chi connectivity index (χ1v) is 4.87. The van der Waals surface area contributed by atoms with E-state index in [1.165, 1.54) is 0 Å². The number of benzene rings is 1.